The summed E-state index contributed by atoms with van der Waals surface area (Å²) in [5.41, 5.74) is 0.624. The molecule has 0 spiro atoms. The third-order valence-electron chi connectivity index (χ3n) is 3.57. The van der Waals surface area contributed by atoms with Crippen molar-refractivity contribution in [3.05, 3.63) is 28.7 Å². The zero-order valence-corrected chi connectivity index (χ0v) is 14.5. The van der Waals surface area contributed by atoms with Gasteiger partial charge in [0.25, 0.3) is 0 Å². The Hall–Kier alpha value is -2.13. The van der Waals surface area contributed by atoms with Crippen molar-refractivity contribution in [2.75, 3.05) is 0 Å². The Kier molecular flexibility index (Phi) is 5.14. The van der Waals surface area contributed by atoms with E-state index >= 15 is 0 Å². The maximum absolute atomic E-state index is 12.4. The molecule has 8 nitrogen and oxygen atoms in total. The van der Waals surface area contributed by atoms with Crippen LogP contribution in [0.4, 0.5) is 0 Å². The quantitative estimate of drug-likeness (QED) is 0.774. The van der Waals surface area contributed by atoms with Gasteiger partial charge in [0.2, 0.25) is 10.0 Å². The largest absolute Gasteiger partial charge is 0.480 e. The van der Waals surface area contributed by atoms with Crippen LogP contribution in [-0.4, -0.2) is 30.1 Å². The molecule has 1 atom stereocenters. The molecular weight excluding hydrogens is 336 g/mol. The molecule has 0 amide bonds. The number of nitrogens with one attached hydrogen (secondary N) is 1. The molecule has 2 N–H and O–H groups in total. The number of sulfonamides is 1. The first-order valence-corrected chi connectivity index (χ1v) is 9.02. The van der Waals surface area contributed by atoms with E-state index in [4.69, 9.17) is 4.42 Å². The first kappa shape index (κ1) is 18.2. The minimum absolute atomic E-state index is 0.00730. The lowest BCUT2D eigenvalue weighted by Crippen LogP contribution is -2.41. The van der Waals surface area contributed by atoms with Gasteiger partial charge in [0.1, 0.15) is 6.04 Å². The number of aliphatic carboxylic acids is 1. The maximum atomic E-state index is 12.4. The van der Waals surface area contributed by atoms with E-state index < -0.39 is 27.8 Å². The highest BCUT2D eigenvalue weighted by molar-refractivity contribution is 7.89. The second-order valence-electron chi connectivity index (χ2n) is 5.88. The highest BCUT2D eigenvalue weighted by atomic mass is 32.2. The number of rotatable bonds is 7. The van der Waals surface area contributed by atoms with Gasteiger partial charge in [-0.25, -0.2) is 13.2 Å². The number of carboxylic acids is 1. The Morgan fingerprint density at radius 2 is 2.04 bits per heavy atom. The molecule has 0 fully saturated rings. The number of carbonyl (C=O) groups is 1. The highest BCUT2D eigenvalue weighted by Gasteiger charge is 2.26. The van der Waals surface area contributed by atoms with Gasteiger partial charge in [-0.15, -0.1) is 0 Å². The summed E-state index contributed by atoms with van der Waals surface area (Å²) in [5, 5.41) is 9.19. The van der Waals surface area contributed by atoms with Gasteiger partial charge in [-0.3, -0.25) is 9.36 Å². The minimum atomic E-state index is -4.05. The maximum Gasteiger partial charge on any atom is 0.419 e. The fourth-order valence-electron chi connectivity index (χ4n) is 2.44. The van der Waals surface area contributed by atoms with Crippen LogP contribution < -0.4 is 10.5 Å². The number of oxazole rings is 1. The van der Waals surface area contributed by atoms with E-state index in [1.165, 1.54) is 22.8 Å². The Morgan fingerprint density at radius 3 is 2.58 bits per heavy atom. The summed E-state index contributed by atoms with van der Waals surface area (Å²) in [6.45, 7) is 5.77. The van der Waals surface area contributed by atoms with Gasteiger partial charge in [0.15, 0.2) is 5.58 Å². The normalized spacial score (nSPS) is 13.5. The lowest BCUT2D eigenvalue weighted by molar-refractivity contribution is -0.139. The molecule has 0 radical (unpaired) electrons. The molecule has 132 valence electrons. The molecular formula is C15H20N2O6S. The predicted octanol–water partition coefficient (Wildman–Crippen LogP) is 1.39. The van der Waals surface area contributed by atoms with Gasteiger partial charge >= 0.3 is 11.7 Å². The van der Waals surface area contributed by atoms with Gasteiger partial charge in [0, 0.05) is 12.6 Å². The fourth-order valence-corrected chi connectivity index (χ4v) is 3.66. The standard InChI is InChI=1S/C15H20N2O6S/c1-4-17-12-6-5-10(8-13(12)23-15(17)20)24(21,22)16-11(14(18)19)7-9(2)3/h5-6,8-9,11,16H,4,7H2,1-3H3,(H,18,19). The van der Waals surface area contributed by atoms with Gasteiger partial charge in [0.05, 0.1) is 10.4 Å². The number of fused-ring (bicyclic) bond motifs is 1. The van der Waals surface area contributed by atoms with E-state index in [9.17, 15) is 23.1 Å². The van der Waals surface area contributed by atoms with E-state index in [1.807, 2.05) is 0 Å². The molecule has 0 aliphatic carbocycles. The average molecular weight is 356 g/mol. The van der Waals surface area contributed by atoms with Crippen LogP contribution in [0.1, 0.15) is 27.2 Å². The van der Waals surface area contributed by atoms with Crippen molar-refractivity contribution in [1.29, 1.82) is 0 Å². The van der Waals surface area contributed by atoms with Crippen LogP contribution >= 0.6 is 0 Å². The molecule has 24 heavy (non-hydrogen) atoms. The third-order valence-corrected chi connectivity index (χ3v) is 5.04. The number of hydrogen-bond acceptors (Lipinski definition) is 5. The monoisotopic (exact) mass is 356 g/mol. The molecule has 0 saturated heterocycles. The zero-order chi connectivity index (χ0) is 18.1. The number of nitrogens with zero attached hydrogens (tertiary/aromatic N) is 1. The molecule has 9 heteroatoms. The molecule has 0 saturated carbocycles. The van der Waals surface area contributed by atoms with Crippen molar-refractivity contribution in [3.63, 3.8) is 0 Å². The molecule has 1 unspecified atom stereocenters. The molecule has 1 heterocycles. The van der Waals surface area contributed by atoms with Gasteiger partial charge in [-0.05, 0) is 31.4 Å². The topological polar surface area (TPSA) is 119 Å². The Bertz CT molecular complexity index is 910. The number of aromatic nitrogens is 1. The second-order valence-corrected chi connectivity index (χ2v) is 7.60. The first-order valence-electron chi connectivity index (χ1n) is 7.54. The molecule has 0 aliphatic heterocycles. The molecule has 2 aromatic rings. The van der Waals surface area contributed by atoms with Crippen molar-refractivity contribution in [2.24, 2.45) is 5.92 Å². The molecule has 2 rings (SSSR count). The average Bonchev–Trinajstić information content (AvgIpc) is 2.79. The van der Waals surface area contributed by atoms with Crippen molar-refractivity contribution >= 4 is 27.1 Å². The van der Waals surface area contributed by atoms with Crippen LogP contribution in [0.25, 0.3) is 11.1 Å². The SMILES string of the molecule is CCn1c(=O)oc2cc(S(=O)(=O)NC(CC(C)C)C(=O)O)ccc21. The summed E-state index contributed by atoms with van der Waals surface area (Å²) >= 11 is 0. The smallest absolute Gasteiger partial charge is 0.419 e. The van der Waals surface area contributed by atoms with Gasteiger partial charge < -0.3 is 9.52 Å². The highest BCUT2D eigenvalue weighted by Crippen LogP contribution is 2.19. The van der Waals surface area contributed by atoms with Crippen molar-refractivity contribution < 1.29 is 22.7 Å². The van der Waals surface area contributed by atoms with Gasteiger partial charge in [-0.2, -0.15) is 4.72 Å². The van der Waals surface area contributed by atoms with Crippen molar-refractivity contribution in [1.82, 2.24) is 9.29 Å². The van der Waals surface area contributed by atoms with Crippen molar-refractivity contribution in [3.8, 4) is 0 Å². The summed E-state index contributed by atoms with van der Waals surface area (Å²) in [7, 11) is -4.05. The number of benzene rings is 1. The lowest BCUT2D eigenvalue weighted by Gasteiger charge is -2.16. The number of hydrogen-bond donors (Lipinski definition) is 2. The summed E-state index contributed by atoms with van der Waals surface area (Å²) in [5.74, 6) is -1.80. The lowest BCUT2D eigenvalue weighted by atomic mass is 10.1. The van der Waals surface area contributed by atoms with Crippen LogP contribution in [0, 0.1) is 5.92 Å². The Labute approximate surface area is 139 Å². The fraction of sp³-hybridized carbons (Fsp3) is 0.467. The summed E-state index contributed by atoms with van der Waals surface area (Å²) < 4.78 is 33.5. The van der Waals surface area contributed by atoms with E-state index in [-0.39, 0.29) is 22.8 Å². The summed E-state index contributed by atoms with van der Waals surface area (Å²) in [6.07, 6.45) is 0.165. The van der Waals surface area contributed by atoms with E-state index in [0.29, 0.717) is 12.1 Å². The van der Waals surface area contributed by atoms with Crippen LogP contribution in [0.15, 0.2) is 32.3 Å². The molecule has 0 bridgehead atoms. The summed E-state index contributed by atoms with van der Waals surface area (Å²) in [6, 6.07) is 2.79. The van der Waals surface area contributed by atoms with E-state index in [0.717, 1.165) is 0 Å². The first-order chi connectivity index (χ1) is 11.2. The van der Waals surface area contributed by atoms with Crippen LogP contribution in [0.2, 0.25) is 0 Å². The Balaban J connectivity index is 2.40. The number of aryl methyl sites for hydroxylation is 1. The van der Waals surface area contributed by atoms with E-state index in [1.54, 1.807) is 20.8 Å². The molecule has 0 aliphatic rings. The van der Waals surface area contributed by atoms with Crippen molar-refractivity contribution in [2.45, 2.75) is 44.7 Å². The third kappa shape index (κ3) is 3.68. The van der Waals surface area contributed by atoms with Gasteiger partial charge in [-0.1, -0.05) is 13.8 Å². The van der Waals surface area contributed by atoms with E-state index in [2.05, 4.69) is 4.72 Å². The zero-order valence-electron chi connectivity index (χ0n) is 13.6. The second kappa shape index (κ2) is 6.78. The Morgan fingerprint density at radius 1 is 1.38 bits per heavy atom. The predicted molar refractivity (Wildman–Crippen MR) is 87.3 cm³/mol. The number of carboxylic acid groups (broad SMARTS) is 1. The van der Waals surface area contributed by atoms with Crippen LogP contribution in [0.3, 0.4) is 0 Å². The van der Waals surface area contributed by atoms with Crippen LogP contribution in [0.5, 0.6) is 0 Å². The summed E-state index contributed by atoms with van der Waals surface area (Å²) in [4.78, 5) is 22.8. The molecule has 1 aromatic heterocycles. The van der Waals surface area contributed by atoms with Crippen LogP contribution in [-0.2, 0) is 21.4 Å². The minimum Gasteiger partial charge on any atom is -0.480 e. The molecule has 1 aromatic carbocycles.